The third kappa shape index (κ3) is 4.03. The van der Waals surface area contributed by atoms with Crippen LogP contribution in [0.3, 0.4) is 0 Å². The molecule has 24 heavy (non-hydrogen) atoms. The molecule has 0 fully saturated rings. The van der Waals surface area contributed by atoms with Gasteiger partial charge in [0.25, 0.3) is 0 Å². The Morgan fingerprint density at radius 3 is 2.58 bits per heavy atom. The van der Waals surface area contributed by atoms with Gasteiger partial charge >= 0.3 is 0 Å². The van der Waals surface area contributed by atoms with E-state index >= 15 is 0 Å². The van der Waals surface area contributed by atoms with Crippen molar-refractivity contribution in [3.8, 4) is 17.6 Å². The summed E-state index contributed by atoms with van der Waals surface area (Å²) in [4.78, 5) is 12.4. The van der Waals surface area contributed by atoms with Crippen LogP contribution in [0, 0.1) is 11.3 Å². The second-order valence-electron chi connectivity index (χ2n) is 4.83. The van der Waals surface area contributed by atoms with E-state index in [1.165, 1.54) is 7.11 Å². The Bertz CT molecular complexity index is 807. The van der Waals surface area contributed by atoms with Gasteiger partial charge in [-0.3, -0.25) is 4.79 Å². The van der Waals surface area contributed by atoms with E-state index in [1.54, 1.807) is 42.5 Å². The monoisotopic (exact) mass is 385 g/mol. The molecule has 0 saturated carbocycles. The lowest BCUT2D eigenvalue weighted by Gasteiger charge is -2.12. The number of Topliss-reactive ketones (excluding diaryl/α,β-unsaturated/α-hetero) is 1. The van der Waals surface area contributed by atoms with Crippen molar-refractivity contribution in [3.63, 3.8) is 0 Å². The van der Waals surface area contributed by atoms with E-state index < -0.39 is 0 Å². The van der Waals surface area contributed by atoms with Crippen LogP contribution in [0.15, 0.2) is 52.5 Å². The second kappa shape index (κ2) is 8.32. The summed E-state index contributed by atoms with van der Waals surface area (Å²) in [6.07, 6.45) is 1.54. The molecule has 2 aromatic rings. The molecule has 4 nitrogen and oxygen atoms in total. The summed E-state index contributed by atoms with van der Waals surface area (Å²) in [7, 11) is 1.54. The maximum absolute atomic E-state index is 12.4. The fourth-order valence-electron chi connectivity index (χ4n) is 2.17. The highest BCUT2D eigenvalue weighted by Gasteiger charge is 2.14. The first kappa shape index (κ1) is 17.8. The third-order valence-electron chi connectivity index (χ3n) is 3.25. The van der Waals surface area contributed by atoms with Gasteiger partial charge in [0, 0.05) is 5.56 Å². The number of carbonyl (C=O) groups is 1. The second-order valence-corrected chi connectivity index (χ2v) is 5.69. The number of hydrogen-bond donors (Lipinski definition) is 0. The first-order chi connectivity index (χ1) is 11.6. The lowest BCUT2D eigenvalue weighted by molar-refractivity contribution is 0.104. The quantitative estimate of drug-likeness (QED) is 0.412. The molecule has 0 heterocycles. The van der Waals surface area contributed by atoms with E-state index in [2.05, 4.69) is 15.9 Å². The summed E-state index contributed by atoms with van der Waals surface area (Å²) >= 11 is 3.43. The number of nitrogens with zero attached hydrogens (tertiary/aromatic N) is 1. The molecule has 0 aliphatic carbocycles. The molecule has 2 rings (SSSR count). The van der Waals surface area contributed by atoms with Crippen LogP contribution in [0.25, 0.3) is 6.08 Å². The minimum atomic E-state index is -0.318. The molecule has 0 saturated heterocycles. The number of ketones is 1. The highest BCUT2D eigenvalue weighted by Crippen LogP contribution is 2.37. The van der Waals surface area contributed by atoms with Crippen LogP contribution in [0.5, 0.6) is 11.5 Å². The molecule has 2 aromatic carbocycles. The number of benzene rings is 2. The Hall–Kier alpha value is -2.58. The molecule has 0 radical (unpaired) electrons. The van der Waals surface area contributed by atoms with Crippen molar-refractivity contribution < 1.29 is 14.3 Å². The summed E-state index contributed by atoms with van der Waals surface area (Å²) < 4.78 is 11.6. The Labute approximate surface area is 149 Å². The zero-order valence-electron chi connectivity index (χ0n) is 13.4. The van der Waals surface area contributed by atoms with E-state index in [0.29, 0.717) is 33.7 Å². The minimum absolute atomic E-state index is 0.0549. The lowest BCUT2D eigenvalue weighted by Crippen LogP contribution is -2.02. The summed E-state index contributed by atoms with van der Waals surface area (Å²) in [5.41, 5.74) is 1.20. The van der Waals surface area contributed by atoms with Crippen molar-refractivity contribution >= 4 is 27.8 Å². The van der Waals surface area contributed by atoms with E-state index in [0.717, 1.165) is 0 Å². The number of allylic oxidation sites excluding steroid dienone is 1. The first-order valence-corrected chi connectivity index (χ1v) is 8.11. The van der Waals surface area contributed by atoms with Crippen LogP contribution in [0.1, 0.15) is 22.8 Å². The largest absolute Gasteiger partial charge is 0.493 e. The molecule has 0 amide bonds. The number of rotatable bonds is 6. The summed E-state index contributed by atoms with van der Waals surface area (Å²) in [5, 5.41) is 9.35. The van der Waals surface area contributed by atoms with Gasteiger partial charge in [-0.05, 0) is 46.6 Å². The predicted octanol–water partition coefficient (Wildman–Crippen LogP) is 4.65. The number of hydrogen-bond acceptors (Lipinski definition) is 4. The van der Waals surface area contributed by atoms with Crippen molar-refractivity contribution in [1.82, 2.24) is 0 Å². The Balaban J connectivity index is 2.43. The van der Waals surface area contributed by atoms with Gasteiger partial charge in [-0.15, -0.1) is 0 Å². The summed E-state index contributed by atoms with van der Waals surface area (Å²) in [6, 6.07) is 14.2. The van der Waals surface area contributed by atoms with Crippen LogP contribution in [-0.2, 0) is 0 Å². The van der Waals surface area contributed by atoms with E-state index in [4.69, 9.17) is 9.47 Å². The maximum Gasteiger partial charge on any atom is 0.203 e. The van der Waals surface area contributed by atoms with Gasteiger partial charge in [0.1, 0.15) is 11.6 Å². The molecule has 0 N–H and O–H groups in total. The fourth-order valence-corrected chi connectivity index (χ4v) is 2.74. The highest BCUT2D eigenvalue weighted by atomic mass is 79.9. The van der Waals surface area contributed by atoms with E-state index in [-0.39, 0.29) is 11.4 Å². The zero-order valence-corrected chi connectivity index (χ0v) is 15.0. The molecule has 0 aliphatic rings. The zero-order chi connectivity index (χ0) is 17.5. The van der Waals surface area contributed by atoms with Crippen molar-refractivity contribution in [2.24, 2.45) is 0 Å². The van der Waals surface area contributed by atoms with Crippen LogP contribution in [-0.4, -0.2) is 19.5 Å². The molecule has 0 bridgehead atoms. The van der Waals surface area contributed by atoms with Gasteiger partial charge in [0.05, 0.1) is 18.2 Å². The molecule has 122 valence electrons. The lowest BCUT2D eigenvalue weighted by atomic mass is 10.0. The average molecular weight is 386 g/mol. The third-order valence-corrected chi connectivity index (χ3v) is 3.84. The van der Waals surface area contributed by atoms with E-state index in [1.807, 2.05) is 19.1 Å². The normalized spacial score (nSPS) is 10.8. The summed E-state index contributed by atoms with van der Waals surface area (Å²) in [5.74, 6) is 0.800. The van der Waals surface area contributed by atoms with E-state index in [9.17, 15) is 10.1 Å². The molecular weight excluding hydrogens is 370 g/mol. The Morgan fingerprint density at radius 2 is 2.00 bits per heavy atom. The molecule has 0 aliphatic heterocycles. The number of ether oxygens (including phenoxy) is 2. The van der Waals surface area contributed by atoms with Crippen molar-refractivity contribution in [2.75, 3.05) is 13.7 Å². The van der Waals surface area contributed by atoms with Gasteiger partial charge in [0.15, 0.2) is 11.5 Å². The molecule has 0 aromatic heterocycles. The molecule has 5 heteroatoms. The maximum atomic E-state index is 12.4. The van der Waals surface area contributed by atoms with Gasteiger partial charge < -0.3 is 9.47 Å². The topological polar surface area (TPSA) is 59.3 Å². The number of methoxy groups -OCH3 is 1. The predicted molar refractivity (Wildman–Crippen MR) is 96.2 cm³/mol. The van der Waals surface area contributed by atoms with Gasteiger partial charge in [-0.2, -0.15) is 5.26 Å². The van der Waals surface area contributed by atoms with Crippen molar-refractivity contribution in [2.45, 2.75) is 6.92 Å². The average Bonchev–Trinajstić information content (AvgIpc) is 2.61. The van der Waals surface area contributed by atoms with Crippen LogP contribution in [0.2, 0.25) is 0 Å². The SMILES string of the molecule is CCOc1c(Br)cc(/C=C(\C#N)C(=O)c2ccccc2)cc1OC. The summed E-state index contributed by atoms with van der Waals surface area (Å²) in [6.45, 7) is 2.38. The van der Waals surface area contributed by atoms with Crippen LogP contribution >= 0.6 is 15.9 Å². The Kier molecular flexibility index (Phi) is 6.16. The Morgan fingerprint density at radius 1 is 1.29 bits per heavy atom. The van der Waals surface area contributed by atoms with Crippen molar-refractivity contribution in [1.29, 1.82) is 5.26 Å². The first-order valence-electron chi connectivity index (χ1n) is 7.32. The van der Waals surface area contributed by atoms with Gasteiger partial charge in [0.2, 0.25) is 5.78 Å². The number of carbonyl (C=O) groups excluding carboxylic acids is 1. The van der Waals surface area contributed by atoms with Crippen molar-refractivity contribution in [3.05, 3.63) is 63.6 Å². The standard InChI is InChI=1S/C19H16BrNO3/c1-3-24-19-16(20)10-13(11-17(19)23-2)9-15(12-21)18(22)14-7-5-4-6-8-14/h4-11H,3H2,1-2H3/b15-9+. The van der Waals surface area contributed by atoms with Gasteiger partial charge in [-0.25, -0.2) is 0 Å². The van der Waals surface area contributed by atoms with Crippen LogP contribution < -0.4 is 9.47 Å². The molecular formula is C19H16BrNO3. The highest BCUT2D eigenvalue weighted by molar-refractivity contribution is 9.10. The van der Waals surface area contributed by atoms with Crippen LogP contribution in [0.4, 0.5) is 0 Å². The smallest absolute Gasteiger partial charge is 0.203 e. The molecule has 0 atom stereocenters. The number of halogens is 1. The molecule has 0 unspecified atom stereocenters. The molecule has 0 spiro atoms. The fraction of sp³-hybridized carbons (Fsp3) is 0.158. The number of nitriles is 1. The minimum Gasteiger partial charge on any atom is -0.493 e. The van der Waals surface area contributed by atoms with Gasteiger partial charge in [-0.1, -0.05) is 30.3 Å².